The summed E-state index contributed by atoms with van der Waals surface area (Å²) in [6.45, 7) is 4.41. The van der Waals surface area contributed by atoms with Crippen molar-refractivity contribution in [3.05, 3.63) is 29.8 Å². The molecule has 1 fully saturated rings. The highest BCUT2D eigenvalue weighted by Gasteiger charge is 2.32. The lowest BCUT2D eigenvalue weighted by Gasteiger charge is -2.19. The van der Waals surface area contributed by atoms with Gasteiger partial charge in [0.2, 0.25) is 0 Å². The SMILES string of the molecule is CC1(C)CCC(COC(=O)c2ccc(N)cc2)O1. The molecule has 0 aliphatic carbocycles. The Morgan fingerprint density at radius 2 is 2.11 bits per heavy atom. The predicted molar refractivity (Wildman–Crippen MR) is 69.3 cm³/mol. The molecular weight excluding hydrogens is 230 g/mol. The van der Waals surface area contributed by atoms with Gasteiger partial charge in [-0.2, -0.15) is 0 Å². The minimum atomic E-state index is -0.330. The molecule has 1 aliphatic rings. The number of hydrogen-bond donors (Lipinski definition) is 1. The van der Waals surface area contributed by atoms with Gasteiger partial charge in [0, 0.05) is 5.69 Å². The largest absolute Gasteiger partial charge is 0.459 e. The fourth-order valence-corrected chi connectivity index (χ4v) is 2.07. The maximum Gasteiger partial charge on any atom is 0.338 e. The minimum Gasteiger partial charge on any atom is -0.459 e. The third kappa shape index (κ3) is 3.23. The standard InChI is InChI=1S/C14H19NO3/c1-14(2)8-7-12(18-14)9-17-13(16)10-3-5-11(15)6-4-10/h3-6,12H,7-9,15H2,1-2H3. The topological polar surface area (TPSA) is 61.5 Å². The van der Waals surface area contributed by atoms with Crippen LogP contribution in [0.15, 0.2) is 24.3 Å². The Labute approximate surface area is 107 Å². The molecule has 1 aromatic carbocycles. The number of hydrogen-bond acceptors (Lipinski definition) is 4. The molecule has 0 radical (unpaired) electrons. The summed E-state index contributed by atoms with van der Waals surface area (Å²) in [5, 5.41) is 0. The molecule has 18 heavy (non-hydrogen) atoms. The summed E-state index contributed by atoms with van der Waals surface area (Å²) in [5.41, 5.74) is 6.61. The third-order valence-corrected chi connectivity index (χ3v) is 3.10. The highest BCUT2D eigenvalue weighted by atomic mass is 16.6. The number of nitrogen functional groups attached to an aromatic ring is 1. The minimum absolute atomic E-state index is 0.0118. The van der Waals surface area contributed by atoms with E-state index in [4.69, 9.17) is 15.2 Å². The molecule has 0 bridgehead atoms. The second kappa shape index (κ2) is 4.98. The number of anilines is 1. The van der Waals surface area contributed by atoms with Crippen molar-refractivity contribution < 1.29 is 14.3 Å². The molecule has 0 amide bonds. The fourth-order valence-electron chi connectivity index (χ4n) is 2.07. The van der Waals surface area contributed by atoms with Crippen molar-refractivity contribution in [2.75, 3.05) is 12.3 Å². The van der Waals surface area contributed by atoms with E-state index >= 15 is 0 Å². The monoisotopic (exact) mass is 249 g/mol. The number of ether oxygens (including phenoxy) is 2. The molecule has 4 nitrogen and oxygen atoms in total. The van der Waals surface area contributed by atoms with Crippen molar-refractivity contribution >= 4 is 11.7 Å². The maximum absolute atomic E-state index is 11.8. The van der Waals surface area contributed by atoms with Gasteiger partial charge in [0.05, 0.1) is 17.3 Å². The van der Waals surface area contributed by atoms with Crippen LogP contribution in [-0.2, 0) is 9.47 Å². The lowest BCUT2D eigenvalue weighted by molar-refractivity contribution is -0.0444. The smallest absolute Gasteiger partial charge is 0.338 e. The summed E-state index contributed by atoms with van der Waals surface area (Å²) in [7, 11) is 0. The molecule has 2 rings (SSSR count). The number of carbonyl (C=O) groups excluding carboxylic acids is 1. The fraction of sp³-hybridized carbons (Fsp3) is 0.500. The Morgan fingerprint density at radius 1 is 1.44 bits per heavy atom. The average molecular weight is 249 g/mol. The summed E-state index contributed by atoms with van der Waals surface area (Å²) >= 11 is 0. The highest BCUT2D eigenvalue weighted by Crippen LogP contribution is 2.29. The Balaban J connectivity index is 1.84. The van der Waals surface area contributed by atoms with Gasteiger partial charge in [-0.15, -0.1) is 0 Å². The lowest BCUT2D eigenvalue weighted by atomic mass is 10.1. The first kappa shape index (κ1) is 12.9. The Hall–Kier alpha value is -1.55. The van der Waals surface area contributed by atoms with Gasteiger partial charge in [-0.25, -0.2) is 4.79 Å². The van der Waals surface area contributed by atoms with E-state index in [-0.39, 0.29) is 17.7 Å². The van der Waals surface area contributed by atoms with Crippen LogP contribution in [0.3, 0.4) is 0 Å². The van der Waals surface area contributed by atoms with Crippen molar-refractivity contribution in [3.63, 3.8) is 0 Å². The normalized spacial score (nSPS) is 21.8. The van der Waals surface area contributed by atoms with Crippen LogP contribution in [0.4, 0.5) is 5.69 Å². The maximum atomic E-state index is 11.8. The van der Waals surface area contributed by atoms with E-state index in [0.717, 1.165) is 12.8 Å². The molecule has 1 aliphatic heterocycles. The molecule has 0 spiro atoms. The second-order valence-corrected chi connectivity index (χ2v) is 5.26. The number of carbonyl (C=O) groups is 1. The van der Waals surface area contributed by atoms with E-state index in [1.54, 1.807) is 24.3 Å². The van der Waals surface area contributed by atoms with Crippen molar-refractivity contribution in [3.8, 4) is 0 Å². The quantitative estimate of drug-likeness (QED) is 0.660. The molecule has 1 unspecified atom stereocenters. The zero-order valence-electron chi connectivity index (χ0n) is 10.8. The molecule has 4 heteroatoms. The molecule has 1 heterocycles. The first-order valence-electron chi connectivity index (χ1n) is 6.17. The van der Waals surface area contributed by atoms with Gasteiger partial charge in [-0.1, -0.05) is 0 Å². The van der Waals surface area contributed by atoms with Crippen molar-refractivity contribution in [2.24, 2.45) is 0 Å². The van der Waals surface area contributed by atoms with Crippen molar-refractivity contribution in [1.29, 1.82) is 0 Å². The van der Waals surface area contributed by atoms with E-state index in [0.29, 0.717) is 17.9 Å². The molecule has 0 aromatic heterocycles. The van der Waals surface area contributed by atoms with Crippen LogP contribution in [-0.4, -0.2) is 24.3 Å². The van der Waals surface area contributed by atoms with Crippen LogP contribution >= 0.6 is 0 Å². The average Bonchev–Trinajstić information content (AvgIpc) is 2.67. The molecule has 98 valence electrons. The molecule has 1 atom stereocenters. The van der Waals surface area contributed by atoms with Crippen molar-refractivity contribution in [1.82, 2.24) is 0 Å². The van der Waals surface area contributed by atoms with Gasteiger partial charge in [0.15, 0.2) is 0 Å². The number of benzene rings is 1. The zero-order valence-corrected chi connectivity index (χ0v) is 10.8. The first-order valence-corrected chi connectivity index (χ1v) is 6.17. The highest BCUT2D eigenvalue weighted by molar-refractivity contribution is 5.89. The van der Waals surface area contributed by atoms with Crippen LogP contribution in [0.2, 0.25) is 0 Å². The summed E-state index contributed by atoms with van der Waals surface area (Å²) < 4.78 is 11.0. The van der Waals surface area contributed by atoms with E-state index < -0.39 is 0 Å². The molecule has 1 saturated heterocycles. The van der Waals surface area contributed by atoms with E-state index in [1.165, 1.54) is 0 Å². The molecule has 2 N–H and O–H groups in total. The molecular formula is C14H19NO3. The van der Waals surface area contributed by atoms with Gasteiger partial charge >= 0.3 is 5.97 Å². The third-order valence-electron chi connectivity index (χ3n) is 3.10. The number of nitrogens with two attached hydrogens (primary N) is 1. The lowest BCUT2D eigenvalue weighted by Crippen LogP contribution is -2.24. The van der Waals surface area contributed by atoms with Crippen LogP contribution in [0.25, 0.3) is 0 Å². The number of esters is 1. The van der Waals surface area contributed by atoms with Crippen LogP contribution in [0.1, 0.15) is 37.0 Å². The summed E-state index contributed by atoms with van der Waals surface area (Å²) in [6.07, 6.45) is 1.94. The Kier molecular flexibility index (Phi) is 3.57. The van der Waals surface area contributed by atoms with Gasteiger partial charge in [-0.3, -0.25) is 0 Å². The van der Waals surface area contributed by atoms with Crippen LogP contribution < -0.4 is 5.73 Å². The number of rotatable bonds is 3. The van der Waals surface area contributed by atoms with Crippen LogP contribution in [0.5, 0.6) is 0 Å². The van der Waals surface area contributed by atoms with Crippen molar-refractivity contribution in [2.45, 2.75) is 38.4 Å². The zero-order chi connectivity index (χ0) is 13.2. The van der Waals surface area contributed by atoms with E-state index in [2.05, 4.69) is 13.8 Å². The van der Waals surface area contributed by atoms with Gasteiger partial charge in [-0.05, 0) is 51.0 Å². The van der Waals surface area contributed by atoms with Gasteiger partial charge in [0.25, 0.3) is 0 Å². The second-order valence-electron chi connectivity index (χ2n) is 5.26. The predicted octanol–water partition coefficient (Wildman–Crippen LogP) is 2.38. The van der Waals surface area contributed by atoms with Gasteiger partial charge in [0.1, 0.15) is 6.61 Å². The summed E-state index contributed by atoms with van der Waals surface area (Å²) in [4.78, 5) is 11.8. The van der Waals surface area contributed by atoms with E-state index in [9.17, 15) is 4.79 Å². The Morgan fingerprint density at radius 3 is 2.67 bits per heavy atom. The van der Waals surface area contributed by atoms with Crippen LogP contribution in [0, 0.1) is 0 Å². The van der Waals surface area contributed by atoms with Gasteiger partial charge < -0.3 is 15.2 Å². The molecule has 1 aromatic rings. The van der Waals surface area contributed by atoms with E-state index in [1.807, 2.05) is 0 Å². The molecule has 0 saturated carbocycles. The summed E-state index contributed by atoms with van der Waals surface area (Å²) in [5.74, 6) is -0.330. The Bertz CT molecular complexity index is 425. The first-order chi connectivity index (χ1) is 8.46. The summed E-state index contributed by atoms with van der Waals surface area (Å²) in [6, 6.07) is 6.70.